The summed E-state index contributed by atoms with van der Waals surface area (Å²) in [6, 6.07) is 16.6. The summed E-state index contributed by atoms with van der Waals surface area (Å²) in [7, 11) is 0. The minimum atomic E-state index is -0.389. The lowest BCUT2D eigenvalue weighted by Crippen LogP contribution is -2.40. The predicted octanol–water partition coefficient (Wildman–Crippen LogP) is 3.57. The fourth-order valence-electron chi connectivity index (χ4n) is 4.33. The molecule has 5 nitrogen and oxygen atoms in total. The number of amides is 2. The highest BCUT2D eigenvalue weighted by Gasteiger charge is 2.30. The number of carbonyl (C=O) groups excluding carboxylic acids is 2. The average molecular weight is 364 g/mol. The van der Waals surface area contributed by atoms with E-state index < -0.39 is 0 Å². The van der Waals surface area contributed by atoms with Crippen LogP contribution in [0.4, 0.5) is 4.79 Å². The molecule has 0 saturated heterocycles. The molecule has 2 aliphatic rings. The maximum Gasteiger partial charge on any atom is 0.407 e. The summed E-state index contributed by atoms with van der Waals surface area (Å²) in [5.41, 5.74) is 10.2. The van der Waals surface area contributed by atoms with Crippen molar-refractivity contribution in [2.45, 2.75) is 37.6 Å². The Morgan fingerprint density at radius 3 is 2.04 bits per heavy atom. The van der Waals surface area contributed by atoms with Crippen LogP contribution in [0.15, 0.2) is 48.5 Å². The van der Waals surface area contributed by atoms with Crippen molar-refractivity contribution in [1.82, 2.24) is 5.32 Å². The van der Waals surface area contributed by atoms with E-state index in [1.807, 2.05) is 24.3 Å². The number of rotatable bonds is 4. The number of benzene rings is 2. The van der Waals surface area contributed by atoms with E-state index in [0.29, 0.717) is 6.61 Å². The zero-order chi connectivity index (χ0) is 18.8. The van der Waals surface area contributed by atoms with Crippen molar-refractivity contribution in [3.05, 3.63) is 59.7 Å². The van der Waals surface area contributed by atoms with Gasteiger partial charge in [-0.05, 0) is 47.9 Å². The molecule has 1 saturated carbocycles. The third kappa shape index (κ3) is 3.54. The number of ether oxygens (including phenoxy) is 1. The fourth-order valence-corrected chi connectivity index (χ4v) is 4.33. The average Bonchev–Trinajstić information content (AvgIpc) is 3.01. The van der Waals surface area contributed by atoms with E-state index in [0.717, 1.165) is 25.7 Å². The summed E-state index contributed by atoms with van der Waals surface area (Å²) in [6.45, 7) is 0.316. The Hall–Kier alpha value is -2.82. The van der Waals surface area contributed by atoms with Crippen molar-refractivity contribution in [1.29, 1.82) is 0 Å². The number of alkyl carbamates (subject to hydrolysis) is 1. The van der Waals surface area contributed by atoms with Gasteiger partial charge in [0.1, 0.15) is 6.61 Å². The summed E-state index contributed by atoms with van der Waals surface area (Å²) in [4.78, 5) is 23.5. The van der Waals surface area contributed by atoms with Gasteiger partial charge in [0, 0.05) is 17.9 Å². The van der Waals surface area contributed by atoms with Gasteiger partial charge in [-0.15, -0.1) is 0 Å². The second-order valence-electron chi connectivity index (χ2n) is 7.42. The molecule has 1 fully saturated rings. The van der Waals surface area contributed by atoms with Crippen LogP contribution < -0.4 is 11.1 Å². The van der Waals surface area contributed by atoms with Crippen LogP contribution in [0.25, 0.3) is 11.1 Å². The van der Waals surface area contributed by atoms with Crippen LogP contribution >= 0.6 is 0 Å². The van der Waals surface area contributed by atoms with E-state index >= 15 is 0 Å². The second-order valence-corrected chi connectivity index (χ2v) is 7.42. The molecule has 2 aromatic carbocycles. The van der Waals surface area contributed by atoms with Gasteiger partial charge in [-0.25, -0.2) is 4.79 Å². The number of primary amides is 1. The molecule has 2 aliphatic carbocycles. The van der Waals surface area contributed by atoms with E-state index in [9.17, 15) is 9.59 Å². The smallest absolute Gasteiger partial charge is 0.407 e. The Morgan fingerprint density at radius 1 is 0.926 bits per heavy atom. The van der Waals surface area contributed by atoms with Gasteiger partial charge in [-0.1, -0.05) is 48.5 Å². The van der Waals surface area contributed by atoms with E-state index in [-0.39, 0.29) is 29.9 Å². The first-order valence-corrected chi connectivity index (χ1v) is 9.54. The maximum atomic E-state index is 12.3. The highest BCUT2D eigenvalue weighted by atomic mass is 16.5. The summed E-state index contributed by atoms with van der Waals surface area (Å²) < 4.78 is 5.58. The maximum absolute atomic E-state index is 12.3. The molecule has 5 heteroatoms. The molecule has 27 heavy (non-hydrogen) atoms. The third-order valence-corrected chi connectivity index (χ3v) is 5.80. The third-order valence-electron chi connectivity index (χ3n) is 5.80. The van der Waals surface area contributed by atoms with Crippen molar-refractivity contribution in [2.75, 3.05) is 6.61 Å². The number of nitrogens with two attached hydrogens (primary N) is 1. The molecule has 0 heterocycles. The topological polar surface area (TPSA) is 81.4 Å². The number of nitrogens with one attached hydrogen (secondary N) is 1. The number of hydrogen-bond acceptors (Lipinski definition) is 3. The Labute approximate surface area is 158 Å². The van der Waals surface area contributed by atoms with Crippen molar-refractivity contribution >= 4 is 12.0 Å². The molecule has 3 N–H and O–H groups in total. The van der Waals surface area contributed by atoms with Gasteiger partial charge in [0.25, 0.3) is 0 Å². The van der Waals surface area contributed by atoms with Crippen LogP contribution in [-0.2, 0) is 9.53 Å². The quantitative estimate of drug-likeness (QED) is 0.870. The lowest BCUT2D eigenvalue weighted by Gasteiger charge is -2.27. The molecule has 0 aliphatic heterocycles. The standard InChI is InChI=1S/C22H24N2O3/c23-21(25)14-9-11-15(12-10-14)24-22(26)27-13-20-18-7-3-1-5-16(18)17-6-2-4-8-19(17)20/h1-8,14-15,20H,9-13H2,(H2,23,25)(H,24,26)/t14-,15+. The predicted molar refractivity (Wildman–Crippen MR) is 103 cm³/mol. The Morgan fingerprint density at radius 2 is 1.48 bits per heavy atom. The van der Waals surface area contributed by atoms with Gasteiger partial charge in [0.2, 0.25) is 5.91 Å². The summed E-state index contributed by atoms with van der Waals surface area (Å²) in [5, 5.41) is 2.94. The van der Waals surface area contributed by atoms with Crippen molar-refractivity contribution in [3.8, 4) is 11.1 Å². The molecular weight excluding hydrogens is 340 g/mol. The zero-order valence-electron chi connectivity index (χ0n) is 15.2. The van der Waals surface area contributed by atoms with Crippen LogP contribution in [0.5, 0.6) is 0 Å². The number of hydrogen-bond donors (Lipinski definition) is 2. The molecule has 0 unspecified atom stereocenters. The number of carbonyl (C=O) groups is 2. The van der Waals surface area contributed by atoms with Crippen molar-refractivity contribution in [3.63, 3.8) is 0 Å². The monoisotopic (exact) mass is 364 g/mol. The summed E-state index contributed by atoms with van der Waals surface area (Å²) in [5.74, 6) is -0.242. The highest BCUT2D eigenvalue weighted by molar-refractivity contribution is 5.79. The van der Waals surface area contributed by atoms with Gasteiger partial charge in [-0.2, -0.15) is 0 Å². The summed E-state index contributed by atoms with van der Waals surface area (Å²) >= 11 is 0. The molecule has 0 spiro atoms. The van der Waals surface area contributed by atoms with Crippen molar-refractivity contribution in [2.24, 2.45) is 11.7 Å². The SMILES string of the molecule is NC(=O)[C@H]1CC[C@@H](NC(=O)OCC2c3ccccc3-c3ccccc32)CC1. The minimum absolute atomic E-state index is 0.0521. The molecule has 2 aromatic rings. The Balaban J connectivity index is 1.37. The molecule has 0 aromatic heterocycles. The molecular formula is C22H24N2O3. The van der Waals surface area contributed by atoms with Crippen LogP contribution in [-0.4, -0.2) is 24.6 Å². The molecule has 4 rings (SSSR count). The largest absolute Gasteiger partial charge is 0.449 e. The Bertz CT molecular complexity index is 811. The van der Waals surface area contributed by atoms with Gasteiger partial charge in [0.15, 0.2) is 0 Å². The summed E-state index contributed by atoms with van der Waals surface area (Å²) in [6.07, 6.45) is 2.59. The van der Waals surface area contributed by atoms with E-state index in [1.54, 1.807) is 0 Å². The van der Waals surface area contributed by atoms with Crippen LogP contribution in [0.1, 0.15) is 42.7 Å². The highest BCUT2D eigenvalue weighted by Crippen LogP contribution is 2.44. The zero-order valence-corrected chi connectivity index (χ0v) is 15.2. The van der Waals surface area contributed by atoms with Crippen molar-refractivity contribution < 1.29 is 14.3 Å². The fraction of sp³-hybridized carbons (Fsp3) is 0.364. The van der Waals surface area contributed by atoms with Gasteiger partial charge in [0.05, 0.1) is 0 Å². The first-order chi connectivity index (χ1) is 13.1. The van der Waals surface area contributed by atoms with Crippen LogP contribution in [0.3, 0.4) is 0 Å². The number of fused-ring (bicyclic) bond motifs is 3. The molecule has 0 atom stereocenters. The lowest BCUT2D eigenvalue weighted by molar-refractivity contribution is -0.122. The normalized spacial score (nSPS) is 21.2. The van der Waals surface area contributed by atoms with Gasteiger partial charge < -0.3 is 15.8 Å². The van der Waals surface area contributed by atoms with Crippen LogP contribution in [0.2, 0.25) is 0 Å². The first-order valence-electron chi connectivity index (χ1n) is 9.54. The molecule has 0 bridgehead atoms. The molecule has 140 valence electrons. The minimum Gasteiger partial charge on any atom is -0.449 e. The van der Waals surface area contributed by atoms with E-state index in [2.05, 4.69) is 29.6 Å². The Kier molecular flexibility index (Phi) is 4.84. The van der Waals surface area contributed by atoms with E-state index in [4.69, 9.17) is 10.5 Å². The van der Waals surface area contributed by atoms with Gasteiger partial charge in [-0.3, -0.25) is 4.79 Å². The second kappa shape index (κ2) is 7.43. The van der Waals surface area contributed by atoms with Gasteiger partial charge >= 0.3 is 6.09 Å². The van der Waals surface area contributed by atoms with Crippen LogP contribution in [0, 0.1) is 5.92 Å². The van der Waals surface area contributed by atoms with E-state index in [1.165, 1.54) is 22.3 Å². The first kappa shape index (κ1) is 17.6. The lowest BCUT2D eigenvalue weighted by atomic mass is 9.86. The molecule has 2 amide bonds. The molecule has 0 radical (unpaired) electrons.